The van der Waals surface area contributed by atoms with Crippen molar-refractivity contribution in [3.05, 3.63) is 71.1 Å². The Morgan fingerprint density at radius 3 is 2.65 bits per heavy atom. The van der Waals surface area contributed by atoms with E-state index in [1.54, 1.807) is 6.07 Å². The zero-order chi connectivity index (χ0) is 18.1. The minimum atomic E-state index is -0.912. The van der Waals surface area contributed by atoms with Gasteiger partial charge in [-0.15, -0.1) is 11.3 Å². The first kappa shape index (κ1) is 16.5. The van der Waals surface area contributed by atoms with Gasteiger partial charge in [0.2, 0.25) is 0 Å². The van der Waals surface area contributed by atoms with Gasteiger partial charge in [-0.2, -0.15) is 0 Å². The Morgan fingerprint density at radius 2 is 1.92 bits per heavy atom. The molecule has 0 saturated carbocycles. The van der Waals surface area contributed by atoms with Gasteiger partial charge in [-0.25, -0.2) is 4.79 Å². The molecule has 26 heavy (non-hydrogen) atoms. The largest absolute Gasteiger partial charge is 0.477 e. The number of carboxylic acids is 1. The van der Waals surface area contributed by atoms with Gasteiger partial charge in [0.15, 0.2) is 0 Å². The molecular formula is C21H17NO3S. The van der Waals surface area contributed by atoms with E-state index in [-0.39, 0.29) is 5.91 Å². The summed E-state index contributed by atoms with van der Waals surface area (Å²) < 4.78 is 0. The quantitative estimate of drug-likeness (QED) is 0.688. The lowest BCUT2D eigenvalue weighted by atomic mass is 10.0. The van der Waals surface area contributed by atoms with Crippen LogP contribution in [0.1, 0.15) is 26.5 Å². The molecule has 0 saturated heterocycles. The van der Waals surface area contributed by atoms with Crippen LogP contribution in [0.4, 0.5) is 0 Å². The number of aromatic carboxylic acids is 1. The smallest absolute Gasteiger partial charge is 0.345 e. The highest BCUT2D eigenvalue weighted by molar-refractivity contribution is 7.17. The molecule has 1 aromatic heterocycles. The number of nitrogens with zero attached hydrogens (tertiary/aromatic N) is 1. The molecule has 2 heterocycles. The van der Waals surface area contributed by atoms with E-state index in [2.05, 4.69) is 6.08 Å². The van der Waals surface area contributed by atoms with Gasteiger partial charge in [0.05, 0.1) is 0 Å². The predicted octanol–water partition coefficient (Wildman–Crippen LogP) is 4.67. The lowest BCUT2D eigenvalue weighted by Gasteiger charge is -2.23. The highest BCUT2D eigenvalue weighted by atomic mass is 32.1. The van der Waals surface area contributed by atoms with E-state index in [4.69, 9.17) is 5.11 Å². The number of hydrogen-bond acceptors (Lipinski definition) is 3. The van der Waals surface area contributed by atoms with Crippen LogP contribution in [0.3, 0.4) is 0 Å². The van der Waals surface area contributed by atoms with E-state index in [9.17, 15) is 9.59 Å². The molecule has 1 N–H and O–H groups in total. The second-order valence-corrected chi connectivity index (χ2v) is 7.31. The van der Waals surface area contributed by atoms with Crippen molar-refractivity contribution in [3.8, 4) is 10.4 Å². The maximum Gasteiger partial charge on any atom is 0.345 e. The molecule has 0 radical (unpaired) electrons. The van der Waals surface area contributed by atoms with Crippen LogP contribution in [0.2, 0.25) is 0 Å². The molecule has 5 heteroatoms. The van der Waals surface area contributed by atoms with E-state index in [1.807, 2.05) is 53.4 Å². The molecule has 0 spiro atoms. The minimum Gasteiger partial charge on any atom is -0.477 e. The number of benzene rings is 2. The summed E-state index contributed by atoms with van der Waals surface area (Å²) in [5.74, 6) is -0.865. The maximum absolute atomic E-state index is 12.7. The highest BCUT2D eigenvalue weighted by Crippen LogP contribution is 2.34. The van der Waals surface area contributed by atoms with E-state index >= 15 is 0 Å². The number of carbonyl (C=O) groups excluding carboxylic acids is 1. The van der Waals surface area contributed by atoms with Gasteiger partial charge in [0.1, 0.15) is 4.88 Å². The average molecular weight is 363 g/mol. The first-order valence-corrected chi connectivity index (χ1v) is 9.26. The molecule has 1 aliphatic heterocycles. The number of carboxylic acid groups (broad SMARTS) is 1. The molecule has 1 aliphatic rings. The third-order valence-corrected chi connectivity index (χ3v) is 5.66. The number of rotatable bonds is 3. The summed E-state index contributed by atoms with van der Waals surface area (Å²) in [6, 6.07) is 15.1. The zero-order valence-electron chi connectivity index (χ0n) is 14.0. The molecule has 130 valence electrons. The fourth-order valence-electron chi connectivity index (χ4n) is 3.24. The van der Waals surface area contributed by atoms with E-state index in [0.29, 0.717) is 17.0 Å². The first-order chi connectivity index (χ1) is 12.6. The molecule has 0 aliphatic carbocycles. The number of amides is 1. The van der Waals surface area contributed by atoms with Crippen LogP contribution < -0.4 is 0 Å². The van der Waals surface area contributed by atoms with Crippen molar-refractivity contribution in [1.82, 2.24) is 4.90 Å². The fraction of sp³-hybridized carbons (Fsp3) is 0.143. The summed E-state index contributed by atoms with van der Waals surface area (Å²) in [5, 5.41) is 11.1. The molecule has 0 fully saturated rings. The third kappa shape index (κ3) is 3.02. The summed E-state index contributed by atoms with van der Waals surface area (Å²) in [7, 11) is 0. The summed E-state index contributed by atoms with van der Waals surface area (Å²) >= 11 is 1.26. The first-order valence-electron chi connectivity index (χ1n) is 8.44. The monoisotopic (exact) mass is 363 g/mol. The van der Waals surface area contributed by atoms with Crippen LogP contribution >= 0.6 is 11.3 Å². The van der Waals surface area contributed by atoms with Gasteiger partial charge in [-0.05, 0) is 47.0 Å². The minimum absolute atomic E-state index is 0.0472. The predicted molar refractivity (Wildman–Crippen MR) is 104 cm³/mol. The number of hydrogen-bond donors (Lipinski definition) is 1. The average Bonchev–Trinajstić information content (AvgIpc) is 3.17. The van der Waals surface area contributed by atoms with Gasteiger partial charge < -0.3 is 10.0 Å². The van der Waals surface area contributed by atoms with E-state index in [1.165, 1.54) is 11.3 Å². The van der Waals surface area contributed by atoms with Crippen LogP contribution in [0.25, 0.3) is 21.2 Å². The third-order valence-electron chi connectivity index (χ3n) is 4.55. The highest BCUT2D eigenvalue weighted by Gasteiger charge is 2.17. The standard InChI is InChI=1S/C21H17NO3S/c23-20(22-11-2-1-3-12-22)15-7-8-16-14(13-15)5-4-6-17(16)18-9-10-19(26-18)21(24)25/h1-2,4-10,13H,3,11-12H2,(H,24,25). The van der Waals surface area contributed by atoms with Gasteiger partial charge in [-0.3, -0.25) is 4.79 Å². The van der Waals surface area contributed by atoms with Crippen molar-refractivity contribution in [2.24, 2.45) is 0 Å². The molecule has 0 unspecified atom stereocenters. The summed E-state index contributed by atoms with van der Waals surface area (Å²) in [6.07, 6.45) is 5.02. The van der Waals surface area contributed by atoms with Crippen LogP contribution in [0, 0.1) is 0 Å². The van der Waals surface area contributed by atoms with Crippen molar-refractivity contribution < 1.29 is 14.7 Å². The lowest BCUT2D eigenvalue weighted by molar-refractivity contribution is 0.0701. The molecule has 0 atom stereocenters. The van der Waals surface area contributed by atoms with Gasteiger partial charge >= 0.3 is 5.97 Å². The number of thiophene rings is 1. The second-order valence-electron chi connectivity index (χ2n) is 6.22. The van der Waals surface area contributed by atoms with Gasteiger partial charge in [-0.1, -0.05) is 36.4 Å². The normalized spacial score (nSPS) is 13.9. The SMILES string of the molecule is O=C(O)c1ccc(-c2cccc3cc(C(=O)N4CC=CCC4)ccc23)s1. The molecule has 4 nitrogen and oxygen atoms in total. The number of fused-ring (bicyclic) bond motifs is 1. The number of carbonyl (C=O) groups is 2. The van der Waals surface area contributed by atoms with Crippen LogP contribution in [-0.2, 0) is 0 Å². The Balaban J connectivity index is 1.72. The molecule has 4 rings (SSSR count). The summed E-state index contributed by atoms with van der Waals surface area (Å²) in [5.41, 5.74) is 1.67. The topological polar surface area (TPSA) is 57.6 Å². The van der Waals surface area contributed by atoms with Crippen molar-refractivity contribution in [1.29, 1.82) is 0 Å². The molecule has 3 aromatic rings. The molecule has 0 bridgehead atoms. The van der Waals surface area contributed by atoms with Crippen molar-refractivity contribution in [2.45, 2.75) is 6.42 Å². The Bertz CT molecular complexity index is 1030. The Morgan fingerprint density at radius 1 is 1.04 bits per heavy atom. The summed E-state index contributed by atoms with van der Waals surface area (Å²) in [4.78, 5) is 26.9. The van der Waals surface area contributed by atoms with E-state index < -0.39 is 5.97 Å². The van der Waals surface area contributed by atoms with Gasteiger partial charge in [0.25, 0.3) is 5.91 Å². The fourth-order valence-corrected chi connectivity index (χ4v) is 4.12. The van der Waals surface area contributed by atoms with Crippen molar-refractivity contribution in [2.75, 3.05) is 13.1 Å². The van der Waals surface area contributed by atoms with Crippen molar-refractivity contribution >= 4 is 34.0 Å². The molecule has 2 aromatic carbocycles. The van der Waals surface area contributed by atoms with Gasteiger partial charge in [0, 0.05) is 23.5 Å². The van der Waals surface area contributed by atoms with Crippen LogP contribution in [-0.4, -0.2) is 35.0 Å². The summed E-state index contributed by atoms with van der Waals surface area (Å²) in [6.45, 7) is 1.41. The van der Waals surface area contributed by atoms with Crippen LogP contribution in [0.15, 0.2) is 60.7 Å². The Labute approximate surface area is 155 Å². The Hall–Kier alpha value is -2.92. The lowest BCUT2D eigenvalue weighted by Crippen LogP contribution is -2.33. The second kappa shape index (κ2) is 6.77. The Kier molecular flexibility index (Phi) is 4.31. The van der Waals surface area contributed by atoms with Crippen molar-refractivity contribution in [3.63, 3.8) is 0 Å². The van der Waals surface area contributed by atoms with E-state index in [0.717, 1.165) is 34.2 Å². The zero-order valence-corrected chi connectivity index (χ0v) is 14.8. The van der Waals surface area contributed by atoms with Crippen LogP contribution in [0.5, 0.6) is 0 Å². The molecular weight excluding hydrogens is 346 g/mol. The maximum atomic E-state index is 12.7. The molecule has 1 amide bonds.